The second kappa shape index (κ2) is 17.5. The lowest BCUT2D eigenvalue weighted by Gasteiger charge is -2.38. The van der Waals surface area contributed by atoms with E-state index >= 15 is 0 Å². The summed E-state index contributed by atoms with van der Waals surface area (Å²) in [5.41, 5.74) is 8.74. The summed E-state index contributed by atoms with van der Waals surface area (Å²) in [6, 6.07) is 8.49. The predicted octanol–water partition coefficient (Wildman–Crippen LogP) is 8.93. The van der Waals surface area contributed by atoms with Crippen LogP contribution in [0.5, 0.6) is 0 Å². The number of amides is 2. The lowest BCUT2D eigenvalue weighted by molar-refractivity contribution is -0.117. The maximum atomic E-state index is 13.3. The number of nitrogens with one attached hydrogen (secondary N) is 2. The first-order valence-electron chi connectivity index (χ1n) is 18.6. The number of aliphatic hydroxyl groups excluding tert-OH is 1. The Labute approximate surface area is 326 Å². The van der Waals surface area contributed by atoms with Crippen molar-refractivity contribution in [3.05, 3.63) is 80.3 Å². The Morgan fingerprint density at radius 2 is 1.19 bits per heavy atom. The molecule has 0 radical (unpaired) electrons. The summed E-state index contributed by atoms with van der Waals surface area (Å²) in [4.78, 5) is 26.0. The standard InChI is InChI=1S/C22H29NO3S2.C20H27NO3.CH4/c1-6-15-12-13(2)11-14(3)17(15)18-19(26-21(27)28-5)22(23-20(18)24)9-7-16(25-4)8-10-22;1-5-14-11-12(2)10-13(3)16(14)17-18(22)20(21-19(17)23)8-6-15(24-4)7-9-20;/h11-12,16H,6-10H2,1-5H3,(H,23,24);10-11,15,22H,5-9H2,1-4H3,(H,21,23);1H4. The van der Waals surface area contributed by atoms with Crippen LogP contribution in [-0.2, 0) is 36.6 Å². The van der Waals surface area contributed by atoms with Crippen LogP contribution < -0.4 is 10.6 Å². The molecule has 290 valence electrons. The Bertz CT molecular complexity index is 1780. The van der Waals surface area contributed by atoms with Gasteiger partial charge in [-0.2, -0.15) is 0 Å². The number of rotatable bonds is 7. The molecule has 0 unspecified atom stereocenters. The van der Waals surface area contributed by atoms with Crippen molar-refractivity contribution in [2.45, 2.75) is 136 Å². The van der Waals surface area contributed by atoms with Crippen LogP contribution in [0.15, 0.2) is 35.8 Å². The fraction of sp³-hybridized carbons (Fsp3) is 0.558. The SMILES string of the molecule is C.CCc1cc(C)cc(C)c1C1=C(O)C2(CCC(OC)CC2)NC1=O.CCc1cc(C)cc(C)c1C1=C(OC(=S)SC)C2(CCC(OC)CC2)NC1=O. The molecule has 0 aromatic heterocycles. The number of thioether (sulfide) groups is 1. The van der Waals surface area contributed by atoms with Crippen LogP contribution in [0, 0.1) is 27.7 Å². The van der Waals surface area contributed by atoms with Crippen LogP contribution >= 0.6 is 24.0 Å². The zero-order valence-corrected chi connectivity index (χ0v) is 34.0. The summed E-state index contributed by atoms with van der Waals surface area (Å²) >= 11 is 6.78. The maximum absolute atomic E-state index is 13.3. The van der Waals surface area contributed by atoms with Crippen molar-refractivity contribution in [1.29, 1.82) is 0 Å². The second-order valence-electron chi connectivity index (χ2n) is 14.9. The summed E-state index contributed by atoms with van der Waals surface area (Å²) in [6.07, 6.45) is 10.5. The van der Waals surface area contributed by atoms with Crippen LogP contribution in [0.3, 0.4) is 0 Å². The average Bonchev–Trinajstić information content (AvgIpc) is 3.51. The zero-order valence-electron chi connectivity index (χ0n) is 32.3. The van der Waals surface area contributed by atoms with E-state index in [0.717, 1.165) is 92.0 Å². The number of aryl methyl sites for hydroxylation is 6. The number of carbonyl (C=O) groups is 2. The summed E-state index contributed by atoms with van der Waals surface area (Å²) < 4.78 is 17.6. The molecule has 0 bridgehead atoms. The Kier molecular flexibility index (Phi) is 14.1. The molecule has 0 saturated heterocycles. The molecule has 53 heavy (non-hydrogen) atoms. The second-order valence-corrected chi connectivity index (χ2v) is 16.3. The number of thiocarbonyl (C=S) groups is 1. The van der Waals surface area contributed by atoms with Gasteiger partial charge in [-0.15, -0.1) is 0 Å². The Morgan fingerprint density at radius 1 is 0.774 bits per heavy atom. The molecular formula is C43H60N2O6S2. The lowest BCUT2D eigenvalue weighted by Crippen LogP contribution is -2.49. The molecule has 8 nitrogen and oxygen atoms in total. The third-order valence-electron chi connectivity index (χ3n) is 11.5. The molecule has 2 aliphatic carbocycles. The summed E-state index contributed by atoms with van der Waals surface area (Å²) in [5.74, 6) is 0.721. The smallest absolute Gasteiger partial charge is 0.256 e. The van der Waals surface area contributed by atoms with Crippen LogP contribution in [0.1, 0.15) is 117 Å². The van der Waals surface area contributed by atoms with Gasteiger partial charge in [-0.3, -0.25) is 9.59 Å². The highest BCUT2D eigenvalue weighted by atomic mass is 32.2. The van der Waals surface area contributed by atoms with E-state index < -0.39 is 11.1 Å². The first kappa shape index (κ1) is 42.6. The molecule has 2 saturated carbocycles. The first-order valence-corrected chi connectivity index (χ1v) is 20.3. The van der Waals surface area contributed by atoms with Gasteiger partial charge >= 0.3 is 0 Å². The van der Waals surface area contributed by atoms with Crippen molar-refractivity contribution < 1.29 is 28.9 Å². The normalized spacial score (nSPS) is 25.2. The van der Waals surface area contributed by atoms with Gasteiger partial charge in [0.05, 0.1) is 34.4 Å². The molecule has 2 fully saturated rings. The van der Waals surface area contributed by atoms with Crippen LogP contribution in [0.25, 0.3) is 11.1 Å². The molecule has 2 aromatic rings. The molecule has 4 aliphatic rings. The Morgan fingerprint density at radius 3 is 1.62 bits per heavy atom. The van der Waals surface area contributed by atoms with Gasteiger partial charge in [0.1, 0.15) is 11.5 Å². The minimum atomic E-state index is -0.607. The number of methoxy groups -OCH3 is 2. The number of ether oxygens (including phenoxy) is 3. The number of carbonyl (C=O) groups excluding carboxylic acids is 2. The van der Waals surface area contributed by atoms with E-state index in [1.54, 1.807) is 14.2 Å². The quantitative estimate of drug-likeness (QED) is 0.240. The van der Waals surface area contributed by atoms with Gasteiger partial charge in [-0.25, -0.2) is 0 Å². The minimum absolute atomic E-state index is 0. The highest BCUT2D eigenvalue weighted by molar-refractivity contribution is 8.22. The highest BCUT2D eigenvalue weighted by Gasteiger charge is 2.51. The third-order valence-corrected chi connectivity index (χ3v) is 12.5. The van der Waals surface area contributed by atoms with Crippen molar-refractivity contribution in [1.82, 2.24) is 10.6 Å². The van der Waals surface area contributed by atoms with E-state index in [1.807, 2.05) is 13.2 Å². The summed E-state index contributed by atoms with van der Waals surface area (Å²) in [5, 5.41) is 17.4. The number of benzene rings is 2. The molecule has 3 N–H and O–H groups in total. The van der Waals surface area contributed by atoms with Crippen LogP contribution in [0.4, 0.5) is 0 Å². The molecule has 2 spiro atoms. The van der Waals surface area contributed by atoms with Gasteiger partial charge in [-0.05, 0) is 144 Å². The molecule has 0 atom stereocenters. The molecule has 2 aliphatic heterocycles. The van der Waals surface area contributed by atoms with Gasteiger partial charge in [0.15, 0.2) is 0 Å². The highest BCUT2D eigenvalue weighted by Crippen LogP contribution is 2.46. The lowest BCUT2D eigenvalue weighted by atomic mass is 9.78. The maximum Gasteiger partial charge on any atom is 0.256 e. The fourth-order valence-corrected chi connectivity index (χ4v) is 9.09. The van der Waals surface area contributed by atoms with Crippen molar-refractivity contribution in [3.8, 4) is 0 Å². The summed E-state index contributed by atoms with van der Waals surface area (Å²) in [6.45, 7) is 12.4. The van der Waals surface area contributed by atoms with Gasteiger partial charge < -0.3 is 30.0 Å². The average molecular weight is 765 g/mol. The fourth-order valence-electron chi connectivity index (χ4n) is 8.84. The van der Waals surface area contributed by atoms with E-state index in [2.05, 4.69) is 69.5 Å². The van der Waals surface area contributed by atoms with Crippen molar-refractivity contribution in [2.24, 2.45) is 0 Å². The zero-order chi connectivity index (χ0) is 38.0. The molecule has 2 heterocycles. The van der Waals surface area contributed by atoms with Gasteiger partial charge in [0, 0.05) is 14.2 Å². The van der Waals surface area contributed by atoms with Crippen LogP contribution in [0.2, 0.25) is 0 Å². The van der Waals surface area contributed by atoms with E-state index in [-0.39, 0.29) is 37.2 Å². The number of hydrogen-bond acceptors (Lipinski definition) is 8. The van der Waals surface area contributed by atoms with Gasteiger partial charge in [0.2, 0.25) is 4.38 Å². The first-order chi connectivity index (χ1) is 24.8. The molecule has 6 rings (SSSR count). The molecule has 10 heteroatoms. The monoisotopic (exact) mass is 764 g/mol. The molecular weight excluding hydrogens is 705 g/mol. The van der Waals surface area contributed by atoms with Crippen molar-refractivity contribution in [2.75, 3.05) is 20.5 Å². The van der Waals surface area contributed by atoms with Gasteiger partial charge in [-0.1, -0.05) is 68.4 Å². The Hall–Kier alpha value is -3.18. The van der Waals surface area contributed by atoms with E-state index in [1.165, 1.54) is 28.5 Å². The van der Waals surface area contributed by atoms with E-state index in [9.17, 15) is 14.7 Å². The Balaban J connectivity index is 0.000000235. The van der Waals surface area contributed by atoms with Crippen molar-refractivity contribution in [3.63, 3.8) is 0 Å². The largest absolute Gasteiger partial charge is 0.509 e. The molecule has 2 aromatic carbocycles. The van der Waals surface area contributed by atoms with Gasteiger partial charge in [0.25, 0.3) is 11.8 Å². The summed E-state index contributed by atoms with van der Waals surface area (Å²) in [7, 11) is 3.47. The minimum Gasteiger partial charge on any atom is -0.509 e. The van der Waals surface area contributed by atoms with Crippen LogP contribution in [-0.4, -0.2) is 65.1 Å². The number of aliphatic hydroxyl groups is 1. The molecule has 2 amide bonds. The van der Waals surface area contributed by atoms with Crippen molar-refractivity contribution >= 4 is 51.3 Å². The third kappa shape index (κ3) is 8.41. The predicted molar refractivity (Wildman–Crippen MR) is 221 cm³/mol. The topological polar surface area (TPSA) is 106 Å². The van der Waals surface area contributed by atoms with E-state index in [4.69, 9.17) is 26.4 Å². The van der Waals surface area contributed by atoms with E-state index in [0.29, 0.717) is 21.3 Å². The number of hydrogen-bond donors (Lipinski definition) is 3.